The molecule has 0 saturated heterocycles. The highest BCUT2D eigenvalue weighted by atomic mass is 32.1. The number of amides is 1. The molecule has 0 aliphatic heterocycles. The third kappa shape index (κ3) is 6.61. The van der Waals surface area contributed by atoms with E-state index in [-0.39, 0.29) is 23.0 Å². The number of carbonyl (C=O) groups excluding carboxylic acids is 1. The fourth-order valence-corrected chi connectivity index (χ4v) is 1.44. The average Bonchev–Trinajstić information content (AvgIpc) is 2.27. The summed E-state index contributed by atoms with van der Waals surface area (Å²) in [6.07, 6.45) is 0.241. The van der Waals surface area contributed by atoms with Gasteiger partial charge < -0.3 is 10.5 Å². The minimum absolute atomic E-state index is 0.0299. The summed E-state index contributed by atoms with van der Waals surface area (Å²) in [6, 6.07) is 7.38. The molecular formula is C13H19N3O2S. The molecule has 5 nitrogen and oxygen atoms in total. The topological polar surface area (TPSA) is 76.4 Å². The van der Waals surface area contributed by atoms with Gasteiger partial charge in [0.25, 0.3) is 0 Å². The van der Waals surface area contributed by atoms with Gasteiger partial charge in [0.1, 0.15) is 11.4 Å². The van der Waals surface area contributed by atoms with Gasteiger partial charge in [-0.25, -0.2) is 0 Å². The molecule has 0 atom stereocenters. The second kappa shape index (κ2) is 6.38. The SMILES string of the molecule is CC(C)(C)Oc1ccc(CC(=O)NNC(N)=S)cc1. The number of hydrogen-bond acceptors (Lipinski definition) is 3. The van der Waals surface area contributed by atoms with E-state index in [2.05, 4.69) is 23.1 Å². The molecule has 1 amide bonds. The van der Waals surface area contributed by atoms with E-state index in [0.717, 1.165) is 11.3 Å². The molecule has 1 aromatic carbocycles. The van der Waals surface area contributed by atoms with Crippen molar-refractivity contribution in [3.8, 4) is 5.75 Å². The van der Waals surface area contributed by atoms with Crippen molar-refractivity contribution in [1.29, 1.82) is 0 Å². The van der Waals surface area contributed by atoms with Crippen LogP contribution in [-0.2, 0) is 11.2 Å². The Bertz CT molecular complexity index is 452. The zero-order valence-electron chi connectivity index (χ0n) is 11.3. The molecule has 0 bridgehead atoms. The van der Waals surface area contributed by atoms with Crippen molar-refractivity contribution in [3.63, 3.8) is 0 Å². The highest BCUT2D eigenvalue weighted by molar-refractivity contribution is 7.80. The fourth-order valence-electron chi connectivity index (χ4n) is 1.39. The minimum atomic E-state index is -0.236. The maximum atomic E-state index is 11.5. The van der Waals surface area contributed by atoms with Crippen LogP contribution >= 0.6 is 12.2 Å². The molecule has 0 heterocycles. The summed E-state index contributed by atoms with van der Waals surface area (Å²) in [4.78, 5) is 11.5. The summed E-state index contributed by atoms with van der Waals surface area (Å²) in [5.41, 5.74) is 10.6. The summed E-state index contributed by atoms with van der Waals surface area (Å²) in [7, 11) is 0. The highest BCUT2D eigenvalue weighted by Crippen LogP contribution is 2.18. The Morgan fingerprint density at radius 1 is 1.26 bits per heavy atom. The lowest BCUT2D eigenvalue weighted by Gasteiger charge is -2.21. The zero-order valence-corrected chi connectivity index (χ0v) is 12.1. The maximum Gasteiger partial charge on any atom is 0.242 e. The molecule has 0 radical (unpaired) electrons. The van der Waals surface area contributed by atoms with Gasteiger partial charge in [0.15, 0.2) is 5.11 Å². The number of rotatable bonds is 3. The molecule has 0 unspecified atom stereocenters. The largest absolute Gasteiger partial charge is 0.488 e. The quantitative estimate of drug-likeness (QED) is 0.574. The predicted octanol–water partition coefficient (Wildman–Crippen LogP) is 1.27. The van der Waals surface area contributed by atoms with Crippen LogP contribution in [0.25, 0.3) is 0 Å². The van der Waals surface area contributed by atoms with Crippen molar-refractivity contribution in [2.24, 2.45) is 5.73 Å². The Hall–Kier alpha value is -1.82. The molecular weight excluding hydrogens is 262 g/mol. The molecule has 19 heavy (non-hydrogen) atoms. The predicted molar refractivity (Wildman–Crippen MR) is 78.6 cm³/mol. The summed E-state index contributed by atoms with van der Waals surface area (Å²) < 4.78 is 5.69. The van der Waals surface area contributed by atoms with Crippen LogP contribution in [0.3, 0.4) is 0 Å². The average molecular weight is 281 g/mol. The van der Waals surface area contributed by atoms with Crippen LogP contribution in [0.2, 0.25) is 0 Å². The number of ether oxygens (including phenoxy) is 1. The second-order valence-corrected chi connectivity index (χ2v) is 5.51. The van der Waals surface area contributed by atoms with E-state index < -0.39 is 0 Å². The van der Waals surface area contributed by atoms with Gasteiger partial charge in [0, 0.05) is 0 Å². The summed E-state index contributed by atoms with van der Waals surface area (Å²) in [5, 5.41) is 0.0299. The molecule has 104 valence electrons. The summed E-state index contributed by atoms with van der Waals surface area (Å²) >= 11 is 4.58. The number of nitrogens with one attached hydrogen (secondary N) is 2. The molecule has 0 aromatic heterocycles. The van der Waals surface area contributed by atoms with Crippen LogP contribution < -0.4 is 21.3 Å². The zero-order chi connectivity index (χ0) is 14.5. The Kier molecular flexibility index (Phi) is 5.11. The third-order valence-corrected chi connectivity index (χ3v) is 2.14. The van der Waals surface area contributed by atoms with Crippen molar-refractivity contribution in [2.45, 2.75) is 32.8 Å². The fraction of sp³-hybridized carbons (Fsp3) is 0.385. The lowest BCUT2D eigenvalue weighted by Crippen LogP contribution is -2.44. The molecule has 0 aliphatic carbocycles. The van der Waals surface area contributed by atoms with Crippen molar-refractivity contribution in [3.05, 3.63) is 29.8 Å². The summed E-state index contributed by atoms with van der Waals surface area (Å²) in [6.45, 7) is 5.95. The van der Waals surface area contributed by atoms with Crippen LogP contribution in [0, 0.1) is 0 Å². The Balaban J connectivity index is 2.52. The van der Waals surface area contributed by atoms with E-state index in [1.807, 2.05) is 45.0 Å². The number of hydrogen-bond donors (Lipinski definition) is 3. The van der Waals surface area contributed by atoms with E-state index in [1.54, 1.807) is 0 Å². The lowest BCUT2D eigenvalue weighted by molar-refractivity contribution is -0.121. The smallest absolute Gasteiger partial charge is 0.242 e. The number of thiocarbonyl (C=S) groups is 1. The number of nitrogens with two attached hydrogens (primary N) is 1. The van der Waals surface area contributed by atoms with Crippen LogP contribution in [0.5, 0.6) is 5.75 Å². The standard InChI is InChI=1S/C13H19N3O2S/c1-13(2,3)18-10-6-4-9(5-7-10)8-11(17)15-16-12(14)19/h4-7H,8H2,1-3H3,(H,15,17)(H3,14,16,19). The second-order valence-electron chi connectivity index (χ2n) is 5.07. The van der Waals surface area contributed by atoms with Gasteiger partial charge in [-0.15, -0.1) is 0 Å². The molecule has 0 fully saturated rings. The minimum Gasteiger partial charge on any atom is -0.488 e. The highest BCUT2D eigenvalue weighted by Gasteiger charge is 2.11. The first-order valence-corrected chi connectivity index (χ1v) is 6.29. The van der Waals surface area contributed by atoms with Crippen molar-refractivity contribution in [1.82, 2.24) is 10.9 Å². The van der Waals surface area contributed by atoms with Crippen molar-refractivity contribution in [2.75, 3.05) is 0 Å². The van der Waals surface area contributed by atoms with Gasteiger partial charge in [-0.05, 0) is 50.7 Å². The molecule has 1 rings (SSSR count). The number of hydrazine groups is 1. The molecule has 0 aliphatic rings. The van der Waals surface area contributed by atoms with Crippen LogP contribution in [0.1, 0.15) is 26.3 Å². The maximum absolute atomic E-state index is 11.5. The monoisotopic (exact) mass is 281 g/mol. The van der Waals surface area contributed by atoms with Crippen molar-refractivity contribution >= 4 is 23.2 Å². The van der Waals surface area contributed by atoms with Crippen LogP contribution in [0.15, 0.2) is 24.3 Å². The number of benzene rings is 1. The molecule has 0 spiro atoms. The van der Waals surface area contributed by atoms with Gasteiger partial charge in [0.2, 0.25) is 5.91 Å². The van der Waals surface area contributed by atoms with E-state index in [4.69, 9.17) is 10.5 Å². The van der Waals surface area contributed by atoms with Gasteiger partial charge in [0.05, 0.1) is 6.42 Å². The Morgan fingerprint density at radius 3 is 2.32 bits per heavy atom. The molecule has 0 saturated carbocycles. The van der Waals surface area contributed by atoms with E-state index in [1.165, 1.54) is 0 Å². The number of carbonyl (C=O) groups is 1. The first kappa shape index (κ1) is 15.2. The molecule has 1 aromatic rings. The molecule has 4 N–H and O–H groups in total. The van der Waals surface area contributed by atoms with Gasteiger partial charge >= 0.3 is 0 Å². The Labute approximate surface area is 118 Å². The lowest BCUT2D eigenvalue weighted by atomic mass is 10.1. The Morgan fingerprint density at radius 2 is 1.84 bits per heavy atom. The van der Waals surface area contributed by atoms with Crippen LogP contribution in [-0.4, -0.2) is 16.6 Å². The first-order valence-electron chi connectivity index (χ1n) is 5.88. The van der Waals surface area contributed by atoms with Gasteiger partial charge in [-0.1, -0.05) is 12.1 Å². The van der Waals surface area contributed by atoms with E-state index in [0.29, 0.717) is 0 Å². The third-order valence-electron chi connectivity index (χ3n) is 2.04. The first-order chi connectivity index (χ1) is 8.76. The van der Waals surface area contributed by atoms with Crippen molar-refractivity contribution < 1.29 is 9.53 Å². The molecule has 6 heteroatoms. The van der Waals surface area contributed by atoms with E-state index in [9.17, 15) is 4.79 Å². The van der Waals surface area contributed by atoms with Crippen LogP contribution in [0.4, 0.5) is 0 Å². The normalized spacial score (nSPS) is 10.7. The summed E-state index contributed by atoms with van der Waals surface area (Å²) in [5.74, 6) is 0.565. The van der Waals surface area contributed by atoms with Gasteiger partial charge in [-0.2, -0.15) is 0 Å². The van der Waals surface area contributed by atoms with E-state index >= 15 is 0 Å². The van der Waals surface area contributed by atoms with Gasteiger partial charge in [-0.3, -0.25) is 15.6 Å².